The number of aliphatic hydroxyl groups excluding tert-OH is 2. The summed E-state index contributed by atoms with van der Waals surface area (Å²) in [5.41, 5.74) is 1.88. The van der Waals surface area contributed by atoms with E-state index in [-0.39, 0.29) is 23.0 Å². The summed E-state index contributed by atoms with van der Waals surface area (Å²) < 4.78 is 22.3. The first kappa shape index (κ1) is 30.2. The van der Waals surface area contributed by atoms with Crippen LogP contribution in [0.1, 0.15) is 108 Å². The minimum Gasteiger partial charge on any atom is -0.393 e. The lowest BCUT2D eigenvalue weighted by Crippen LogP contribution is -2.62. The normalized spacial score (nSPS) is 42.3. The van der Waals surface area contributed by atoms with Crippen LogP contribution in [0.4, 0.5) is 0 Å². The predicted octanol–water partition coefficient (Wildman–Crippen LogP) is 6.14. The van der Waals surface area contributed by atoms with Gasteiger partial charge < -0.3 is 10.2 Å². The van der Waals surface area contributed by atoms with E-state index in [1.807, 2.05) is 12.1 Å². The van der Waals surface area contributed by atoms with Crippen molar-refractivity contribution in [2.24, 2.45) is 52.3 Å². The van der Waals surface area contributed by atoms with Crippen LogP contribution in [0.5, 0.6) is 0 Å². The maximum absolute atomic E-state index is 12.4. The molecule has 0 radical (unpaired) electrons. The average Bonchev–Trinajstić information content (AvgIpc) is 3.27. The van der Waals surface area contributed by atoms with Gasteiger partial charge in [-0.25, -0.2) is 8.93 Å². The lowest BCUT2D eigenvalue weighted by Gasteiger charge is -2.64. The summed E-state index contributed by atoms with van der Waals surface area (Å²) in [6.07, 6.45) is 11.1. The summed E-state index contributed by atoms with van der Waals surface area (Å²) in [6, 6.07) is 7.38. The molecule has 40 heavy (non-hydrogen) atoms. The van der Waals surface area contributed by atoms with Crippen LogP contribution < -0.4 is 4.72 Å². The molecule has 0 spiro atoms. The number of carbonyl (C=O) groups excluding carboxylic acids is 1. The molecule has 0 heterocycles. The molecule has 5 rings (SSSR count). The quantitative estimate of drug-likeness (QED) is 0.280. The Morgan fingerprint density at radius 1 is 1.05 bits per heavy atom. The maximum atomic E-state index is 12.4. The highest BCUT2D eigenvalue weighted by Crippen LogP contribution is 2.69. The van der Waals surface area contributed by atoms with Crippen molar-refractivity contribution < 1.29 is 23.8 Å². The van der Waals surface area contributed by atoms with E-state index in [2.05, 4.69) is 32.4 Å². The van der Waals surface area contributed by atoms with Crippen molar-refractivity contribution in [3.63, 3.8) is 0 Å². The molecule has 4 fully saturated rings. The number of rotatable bonds is 8. The molecular weight excluding hydrogens is 522 g/mol. The molecule has 0 saturated heterocycles. The Morgan fingerprint density at radius 3 is 2.48 bits per heavy atom. The van der Waals surface area contributed by atoms with Crippen molar-refractivity contribution in [1.82, 2.24) is 4.72 Å². The molecule has 7 heteroatoms. The summed E-state index contributed by atoms with van der Waals surface area (Å²) in [5.74, 6) is 2.92. The van der Waals surface area contributed by atoms with E-state index in [1.165, 1.54) is 25.7 Å². The van der Waals surface area contributed by atoms with Crippen molar-refractivity contribution in [2.45, 2.75) is 111 Å². The topological polar surface area (TPSA) is 107 Å². The Balaban J connectivity index is 1.27. The summed E-state index contributed by atoms with van der Waals surface area (Å²) in [7, 11) is 0. The van der Waals surface area contributed by atoms with Crippen LogP contribution in [-0.4, -0.2) is 37.1 Å². The number of benzene rings is 1. The fourth-order valence-corrected chi connectivity index (χ4v) is 11.1. The smallest absolute Gasteiger partial charge is 0.264 e. The van der Waals surface area contributed by atoms with Crippen LogP contribution in [-0.2, 0) is 17.7 Å². The molecule has 1 aromatic carbocycles. The second kappa shape index (κ2) is 11.8. The second-order valence-electron chi connectivity index (χ2n) is 14.3. The number of carbonyl (C=O) groups is 1. The van der Waals surface area contributed by atoms with Gasteiger partial charge in [0.1, 0.15) is 0 Å². The monoisotopic (exact) mass is 573 g/mol. The first-order valence-electron chi connectivity index (χ1n) is 15.9. The molecule has 5 unspecified atom stereocenters. The summed E-state index contributed by atoms with van der Waals surface area (Å²) >= 11 is -2.37. The van der Waals surface area contributed by atoms with Gasteiger partial charge in [-0.1, -0.05) is 58.7 Å². The van der Waals surface area contributed by atoms with E-state index in [9.17, 15) is 19.2 Å². The number of amides is 1. The van der Waals surface area contributed by atoms with Crippen LogP contribution in [0.15, 0.2) is 24.3 Å². The molecule has 6 nitrogen and oxygen atoms in total. The lowest BCUT2D eigenvalue weighted by molar-refractivity contribution is -0.203. The molecule has 0 aromatic heterocycles. The fourth-order valence-electron chi connectivity index (χ4n) is 10.8. The largest absolute Gasteiger partial charge is 0.393 e. The first-order chi connectivity index (χ1) is 19.0. The Morgan fingerprint density at radius 2 is 1.75 bits per heavy atom. The van der Waals surface area contributed by atoms with Gasteiger partial charge in [-0.05, 0) is 122 Å². The lowest BCUT2D eigenvalue weighted by atomic mass is 9.41. The highest BCUT2D eigenvalue weighted by atomic mass is 32.2. The zero-order valence-corrected chi connectivity index (χ0v) is 25.7. The third-order valence-electron chi connectivity index (χ3n) is 12.7. The predicted molar refractivity (Wildman–Crippen MR) is 159 cm³/mol. The van der Waals surface area contributed by atoms with Crippen LogP contribution in [0.3, 0.4) is 0 Å². The van der Waals surface area contributed by atoms with E-state index >= 15 is 0 Å². The summed E-state index contributed by atoms with van der Waals surface area (Å²) in [5, 5.41) is 22.5. The van der Waals surface area contributed by atoms with Crippen molar-refractivity contribution in [3.05, 3.63) is 35.4 Å². The van der Waals surface area contributed by atoms with E-state index < -0.39 is 17.2 Å². The van der Waals surface area contributed by atoms with Crippen molar-refractivity contribution >= 4 is 17.2 Å². The van der Waals surface area contributed by atoms with E-state index in [0.717, 1.165) is 50.5 Å². The highest BCUT2D eigenvalue weighted by molar-refractivity contribution is 7.77. The molecule has 1 amide bonds. The molecule has 4 saturated carbocycles. The van der Waals surface area contributed by atoms with Gasteiger partial charge >= 0.3 is 0 Å². The Hall–Kier alpha value is -1.28. The van der Waals surface area contributed by atoms with Gasteiger partial charge in [-0.15, -0.1) is 0 Å². The summed E-state index contributed by atoms with van der Waals surface area (Å²) in [4.78, 5) is 12.4. The Kier molecular flexibility index (Phi) is 8.89. The molecule has 4 aliphatic carbocycles. The Bertz CT molecular complexity index is 1100. The number of aliphatic hydroxyl groups is 2. The fraction of sp³-hybridized carbons (Fsp3) is 0.788. The third-order valence-corrected chi connectivity index (χ3v) is 13.1. The van der Waals surface area contributed by atoms with E-state index in [1.54, 1.807) is 12.1 Å². The van der Waals surface area contributed by atoms with Crippen molar-refractivity contribution in [1.29, 1.82) is 0 Å². The summed E-state index contributed by atoms with van der Waals surface area (Å²) in [6.45, 7) is 9.68. The van der Waals surface area contributed by atoms with Gasteiger partial charge in [0.2, 0.25) is 0 Å². The molecule has 1 aromatic rings. The number of hydrogen-bond acceptors (Lipinski definition) is 4. The minimum absolute atomic E-state index is 0.207. The van der Waals surface area contributed by atoms with Crippen LogP contribution in [0, 0.1) is 52.3 Å². The average molecular weight is 574 g/mol. The zero-order valence-electron chi connectivity index (χ0n) is 24.9. The standard InChI is InChI=1S/C33H51NO5S/c1-5-23-28-19-22(35)15-17-33(28,4)27-16-18-32(3)25(13-14-26(32)29(27)30(23)36)20(2)9-8-11-21-10-6-7-12-24(21)31(37)34-40(38)39/h6-7,10,12,20,22-23,25-30,35-36H,5,8-9,11,13-19H2,1-4H3,(H,34,37)(H,38,39)/t20-,22-,23-,25-,26?,27?,28+,29?,30?,32-,33-/m1/s1. The van der Waals surface area contributed by atoms with Gasteiger partial charge in [-0.2, -0.15) is 0 Å². The molecule has 0 bridgehead atoms. The van der Waals surface area contributed by atoms with Crippen LogP contribution >= 0.6 is 0 Å². The van der Waals surface area contributed by atoms with Crippen LogP contribution in [0.2, 0.25) is 0 Å². The molecular formula is C33H51NO5S. The van der Waals surface area contributed by atoms with E-state index in [0.29, 0.717) is 47.0 Å². The Labute approximate surface area is 243 Å². The molecule has 224 valence electrons. The maximum Gasteiger partial charge on any atom is 0.264 e. The van der Waals surface area contributed by atoms with Gasteiger partial charge in [0, 0.05) is 5.56 Å². The van der Waals surface area contributed by atoms with Gasteiger partial charge in [0.05, 0.1) is 12.2 Å². The van der Waals surface area contributed by atoms with Crippen molar-refractivity contribution in [2.75, 3.05) is 0 Å². The number of hydrogen-bond donors (Lipinski definition) is 4. The van der Waals surface area contributed by atoms with E-state index in [4.69, 9.17) is 4.55 Å². The SMILES string of the molecule is CC[C@H]1C(O)C2C3CC[C@H]([C@H](C)CCCc4ccccc4C(=O)NS(=O)O)[C@@]3(C)CCC2[C@@]2(C)CC[C@@H](O)C[C@@H]12. The minimum atomic E-state index is -2.37. The molecule has 4 N–H and O–H groups in total. The van der Waals surface area contributed by atoms with Gasteiger partial charge in [0.15, 0.2) is 0 Å². The zero-order chi connectivity index (χ0) is 28.8. The first-order valence-corrected chi connectivity index (χ1v) is 17.0. The second-order valence-corrected chi connectivity index (χ2v) is 15.0. The number of fused-ring (bicyclic) bond motifs is 5. The number of nitrogens with one attached hydrogen (secondary N) is 1. The van der Waals surface area contributed by atoms with Gasteiger partial charge in [-0.3, -0.25) is 9.35 Å². The molecule has 4 aliphatic rings. The molecule has 0 aliphatic heterocycles. The van der Waals surface area contributed by atoms with Crippen LogP contribution in [0.25, 0.3) is 0 Å². The van der Waals surface area contributed by atoms with Gasteiger partial charge in [0.25, 0.3) is 17.2 Å². The highest BCUT2D eigenvalue weighted by Gasteiger charge is 2.64. The van der Waals surface area contributed by atoms with Crippen molar-refractivity contribution in [3.8, 4) is 0 Å². The number of aryl methyl sites for hydroxylation is 1. The molecule has 12 atom stereocenters. The third kappa shape index (κ3) is 5.22.